The summed E-state index contributed by atoms with van der Waals surface area (Å²) in [6.07, 6.45) is -0.727. The number of β-amino-alcohol motifs (C(OH)–C–C–N with tert-alkyl or cyclic N) is 3. The summed E-state index contributed by atoms with van der Waals surface area (Å²) in [7, 11) is 0. The van der Waals surface area contributed by atoms with Crippen LogP contribution in [-0.2, 0) is 0 Å². The van der Waals surface area contributed by atoms with Gasteiger partial charge in [0.15, 0.2) is 0 Å². The summed E-state index contributed by atoms with van der Waals surface area (Å²) in [6, 6.07) is 0. The standard InChI is InChI=1S/C11H25N3O3/c1-10(16)5-13-7-12(3-4-15)8-14(9-13)6-11(2)17/h10-11,15-17H,3-9H2,1-2H3. The predicted molar refractivity (Wildman–Crippen MR) is 65.2 cm³/mol. The Hall–Kier alpha value is -0.240. The highest BCUT2D eigenvalue weighted by atomic mass is 16.3. The van der Waals surface area contributed by atoms with Gasteiger partial charge in [0.1, 0.15) is 0 Å². The molecule has 0 aromatic rings. The SMILES string of the molecule is CC(O)CN1CN(CCO)CN(CC(C)O)C1. The molecule has 2 atom stereocenters. The first kappa shape index (κ1) is 14.8. The monoisotopic (exact) mass is 247 g/mol. The van der Waals surface area contributed by atoms with Crippen LogP contribution in [0.1, 0.15) is 13.8 Å². The molecule has 17 heavy (non-hydrogen) atoms. The first-order valence-electron chi connectivity index (χ1n) is 6.15. The second-order valence-electron chi connectivity index (χ2n) is 4.95. The molecule has 1 heterocycles. The van der Waals surface area contributed by atoms with Gasteiger partial charge < -0.3 is 15.3 Å². The fourth-order valence-electron chi connectivity index (χ4n) is 2.24. The van der Waals surface area contributed by atoms with E-state index in [0.29, 0.717) is 19.6 Å². The second kappa shape index (κ2) is 7.25. The number of hydrogen-bond donors (Lipinski definition) is 3. The lowest BCUT2D eigenvalue weighted by molar-refractivity contribution is -0.0600. The minimum absolute atomic E-state index is 0.130. The van der Waals surface area contributed by atoms with Crippen molar-refractivity contribution in [1.29, 1.82) is 0 Å². The van der Waals surface area contributed by atoms with Crippen LogP contribution in [0, 0.1) is 0 Å². The van der Waals surface area contributed by atoms with Gasteiger partial charge in [-0.3, -0.25) is 14.7 Å². The molecule has 6 nitrogen and oxygen atoms in total. The topological polar surface area (TPSA) is 70.4 Å². The molecule has 1 saturated heterocycles. The first-order valence-corrected chi connectivity index (χ1v) is 6.15. The molecule has 102 valence electrons. The number of aliphatic hydroxyl groups excluding tert-OH is 3. The van der Waals surface area contributed by atoms with Crippen molar-refractivity contribution >= 4 is 0 Å². The van der Waals surface area contributed by atoms with Gasteiger partial charge >= 0.3 is 0 Å². The summed E-state index contributed by atoms with van der Waals surface area (Å²) in [5.41, 5.74) is 0. The first-order chi connectivity index (χ1) is 8.01. The average molecular weight is 247 g/mol. The summed E-state index contributed by atoms with van der Waals surface area (Å²) in [4.78, 5) is 6.34. The predicted octanol–water partition coefficient (Wildman–Crippen LogP) is -1.47. The van der Waals surface area contributed by atoms with Crippen molar-refractivity contribution in [2.45, 2.75) is 26.1 Å². The Morgan fingerprint density at radius 1 is 0.882 bits per heavy atom. The summed E-state index contributed by atoms with van der Waals surface area (Å²) in [5, 5.41) is 27.8. The van der Waals surface area contributed by atoms with Crippen LogP contribution in [0.25, 0.3) is 0 Å². The summed E-state index contributed by atoms with van der Waals surface area (Å²) >= 11 is 0. The van der Waals surface area contributed by atoms with Gasteiger partial charge in [-0.25, -0.2) is 0 Å². The number of aliphatic hydroxyl groups is 3. The Morgan fingerprint density at radius 2 is 1.29 bits per heavy atom. The van der Waals surface area contributed by atoms with E-state index in [2.05, 4.69) is 14.7 Å². The maximum absolute atomic E-state index is 9.41. The summed E-state index contributed by atoms with van der Waals surface area (Å²) in [5.74, 6) is 0. The lowest BCUT2D eigenvalue weighted by Gasteiger charge is -2.42. The lowest BCUT2D eigenvalue weighted by Crippen LogP contribution is -2.57. The molecule has 1 aliphatic heterocycles. The van der Waals surface area contributed by atoms with Crippen LogP contribution in [0.5, 0.6) is 0 Å². The third kappa shape index (κ3) is 5.76. The summed E-state index contributed by atoms with van der Waals surface area (Å²) in [6.45, 7) is 7.75. The van der Waals surface area contributed by atoms with Crippen LogP contribution in [-0.4, -0.2) is 88.5 Å². The van der Waals surface area contributed by atoms with Gasteiger partial charge in [-0.1, -0.05) is 0 Å². The van der Waals surface area contributed by atoms with Gasteiger partial charge in [0.05, 0.1) is 38.8 Å². The molecular weight excluding hydrogens is 222 g/mol. The second-order valence-corrected chi connectivity index (χ2v) is 4.95. The van der Waals surface area contributed by atoms with Crippen molar-refractivity contribution in [2.75, 3.05) is 46.2 Å². The maximum Gasteiger partial charge on any atom is 0.0640 e. The van der Waals surface area contributed by atoms with Crippen LogP contribution in [0.3, 0.4) is 0 Å². The number of hydrogen-bond acceptors (Lipinski definition) is 6. The van der Waals surface area contributed by atoms with E-state index in [1.807, 2.05) is 0 Å². The Labute approximate surface area is 103 Å². The molecule has 0 bridgehead atoms. The van der Waals surface area contributed by atoms with Gasteiger partial charge in [0.2, 0.25) is 0 Å². The molecule has 1 fully saturated rings. The highest BCUT2D eigenvalue weighted by molar-refractivity contribution is 4.72. The van der Waals surface area contributed by atoms with E-state index in [4.69, 9.17) is 5.11 Å². The Kier molecular flexibility index (Phi) is 6.32. The minimum Gasteiger partial charge on any atom is -0.395 e. The zero-order chi connectivity index (χ0) is 12.8. The zero-order valence-electron chi connectivity index (χ0n) is 10.8. The number of rotatable bonds is 6. The molecule has 0 radical (unpaired) electrons. The fourth-order valence-corrected chi connectivity index (χ4v) is 2.24. The molecule has 1 rings (SSSR count). The van der Waals surface area contributed by atoms with Gasteiger partial charge in [-0.2, -0.15) is 0 Å². The van der Waals surface area contributed by atoms with E-state index < -0.39 is 0 Å². The Morgan fingerprint density at radius 3 is 1.65 bits per heavy atom. The molecule has 0 amide bonds. The molecule has 6 heteroatoms. The minimum atomic E-state index is -0.363. The van der Waals surface area contributed by atoms with E-state index in [1.165, 1.54) is 0 Å². The van der Waals surface area contributed by atoms with E-state index in [9.17, 15) is 10.2 Å². The van der Waals surface area contributed by atoms with Crippen molar-refractivity contribution in [1.82, 2.24) is 14.7 Å². The zero-order valence-corrected chi connectivity index (χ0v) is 10.8. The van der Waals surface area contributed by atoms with E-state index in [0.717, 1.165) is 20.0 Å². The van der Waals surface area contributed by atoms with Crippen molar-refractivity contribution in [3.05, 3.63) is 0 Å². The molecule has 0 aliphatic carbocycles. The normalized spacial score (nSPS) is 23.8. The van der Waals surface area contributed by atoms with Crippen LogP contribution in [0.4, 0.5) is 0 Å². The fraction of sp³-hybridized carbons (Fsp3) is 1.00. The molecule has 3 N–H and O–H groups in total. The third-order valence-electron chi connectivity index (χ3n) is 2.66. The van der Waals surface area contributed by atoms with Crippen molar-refractivity contribution in [3.63, 3.8) is 0 Å². The van der Waals surface area contributed by atoms with Crippen LogP contribution >= 0.6 is 0 Å². The van der Waals surface area contributed by atoms with E-state index in [1.54, 1.807) is 13.8 Å². The van der Waals surface area contributed by atoms with Gasteiger partial charge in [0.25, 0.3) is 0 Å². The molecule has 1 aliphatic rings. The van der Waals surface area contributed by atoms with E-state index >= 15 is 0 Å². The molecule has 0 aromatic carbocycles. The molecular formula is C11H25N3O3. The van der Waals surface area contributed by atoms with Crippen LogP contribution in [0.2, 0.25) is 0 Å². The lowest BCUT2D eigenvalue weighted by atomic mass is 10.3. The molecule has 0 saturated carbocycles. The molecule has 0 spiro atoms. The maximum atomic E-state index is 9.41. The van der Waals surface area contributed by atoms with Gasteiger partial charge in [-0.05, 0) is 13.8 Å². The highest BCUT2D eigenvalue weighted by Crippen LogP contribution is 2.08. The Bertz CT molecular complexity index is 196. The van der Waals surface area contributed by atoms with Crippen molar-refractivity contribution in [2.24, 2.45) is 0 Å². The summed E-state index contributed by atoms with van der Waals surface area (Å²) < 4.78 is 0. The molecule has 0 aromatic heterocycles. The van der Waals surface area contributed by atoms with Crippen LogP contribution in [0.15, 0.2) is 0 Å². The quantitative estimate of drug-likeness (QED) is 0.532. The third-order valence-corrected chi connectivity index (χ3v) is 2.66. The average Bonchev–Trinajstić information content (AvgIpc) is 2.14. The van der Waals surface area contributed by atoms with Crippen LogP contribution < -0.4 is 0 Å². The van der Waals surface area contributed by atoms with Gasteiger partial charge in [-0.15, -0.1) is 0 Å². The largest absolute Gasteiger partial charge is 0.395 e. The van der Waals surface area contributed by atoms with Crippen molar-refractivity contribution in [3.8, 4) is 0 Å². The van der Waals surface area contributed by atoms with Crippen molar-refractivity contribution < 1.29 is 15.3 Å². The Balaban J connectivity index is 2.49. The van der Waals surface area contributed by atoms with Gasteiger partial charge in [0, 0.05) is 19.6 Å². The smallest absolute Gasteiger partial charge is 0.0640 e. The highest BCUT2D eigenvalue weighted by Gasteiger charge is 2.24. The molecule has 2 unspecified atom stereocenters. The van der Waals surface area contributed by atoms with E-state index in [-0.39, 0.29) is 18.8 Å². The number of nitrogens with zero attached hydrogens (tertiary/aromatic N) is 3.